The number of hydrogen-bond donors (Lipinski definition) is 2. The molecule has 3 nitrogen and oxygen atoms in total. The van der Waals surface area contributed by atoms with Crippen LogP contribution in [0.2, 0.25) is 0 Å². The highest BCUT2D eigenvalue weighted by molar-refractivity contribution is 5.99. The number of anilines is 1. The van der Waals surface area contributed by atoms with Gasteiger partial charge < -0.3 is 10.6 Å². The average Bonchev–Trinajstić information content (AvgIpc) is 2.69. The lowest BCUT2D eigenvalue weighted by Crippen LogP contribution is -2.21. The van der Waals surface area contributed by atoms with Crippen LogP contribution in [0.3, 0.4) is 0 Å². The molecule has 1 amide bonds. The van der Waals surface area contributed by atoms with E-state index in [0.29, 0.717) is 12.5 Å². The molecular weight excluding hydrogens is 212 g/mol. The summed E-state index contributed by atoms with van der Waals surface area (Å²) < 4.78 is 0. The SMILES string of the molecule is CCCNC(CC)c1ccc2c(c1)CC(=O)N2. The Balaban J connectivity index is 2.16. The number of fused-ring (bicyclic) bond motifs is 1. The molecule has 0 saturated heterocycles. The summed E-state index contributed by atoms with van der Waals surface area (Å²) in [6, 6.07) is 6.69. The van der Waals surface area contributed by atoms with Crippen molar-refractivity contribution >= 4 is 11.6 Å². The van der Waals surface area contributed by atoms with Gasteiger partial charge in [0.05, 0.1) is 6.42 Å². The summed E-state index contributed by atoms with van der Waals surface area (Å²) in [6.07, 6.45) is 2.73. The van der Waals surface area contributed by atoms with Crippen molar-refractivity contribution in [2.75, 3.05) is 11.9 Å². The van der Waals surface area contributed by atoms with Crippen molar-refractivity contribution in [1.82, 2.24) is 5.32 Å². The normalized spacial score (nSPS) is 15.5. The van der Waals surface area contributed by atoms with Crippen LogP contribution in [0.4, 0.5) is 5.69 Å². The monoisotopic (exact) mass is 232 g/mol. The first-order chi connectivity index (χ1) is 8.24. The van der Waals surface area contributed by atoms with Gasteiger partial charge in [0.25, 0.3) is 0 Å². The number of rotatable bonds is 5. The van der Waals surface area contributed by atoms with Gasteiger partial charge in [0.1, 0.15) is 0 Å². The van der Waals surface area contributed by atoms with E-state index in [1.54, 1.807) is 0 Å². The predicted octanol–water partition coefficient (Wildman–Crippen LogP) is 2.63. The summed E-state index contributed by atoms with van der Waals surface area (Å²) in [5.74, 6) is 0.103. The van der Waals surface area contributed by atoms with Crippen LogP contribution in [0.25, 0.3) is 0 Å². The van der Waals surface area contributed by atoms with Crippen molar-refractivity contribution in [3.63, 3.8) is 0 Å². The Bertz CT molecular complexity index is 415. The Kier molecular flexibility index (Phi) is 3.79. The maximum absolute atomic E-state index is 11.3. The van der Waals surface area contributed by atoms with Crippen molar-refractivity contribution in [3.05, 3.63) is 29.3 Å². The smallest absolute Gasteiger partial charge is 0.228 e. The van der Waals surface area contributed by atoms with Gasteiger partial charge in [-0.3, -0.25) is 4.79 Å². The van der Waals surface area contributed by atoms with Gasteiger partial charge >= 0.3 is 0 Å². The Morgan fingerprint density at radius 3 is 2.94 bits per heavy atom. The van der Waals surface area contributed by atoms with Gasteiger partial charge in [-0.15, -0.1) is 0 Å². The van der Waals surface area contributed by atoms with Crippen molar-refractivity contribution < 1.29 is 4.79 Å². The average molecular weight is 232 g/mol. The molecule has 1 aliphatic heterocycles. The molecule has 1 unspecified atom stereocenters. The summed E-state index contributed by atoms with van der Waals surface area (Å²) in [6.45, 7) is 5.39. The van der Waals surface area contributed by atoms with Gasteiger partial charge in [0.15, 0.2) is 0 Å². The molecule has 1 aromatic rings. The van der Waals surface area contributed by atoms with E-state index in [4.69, 9.17) is 0 Å². The third-order valence-corrected chi connectivity index (χ3v) is 3.21. The van der Waals surface area contributed by atoms with Crippen LogP contribution < -0.4 is 10.6 Å². The second-order valence-electron chi connectivity index (χ2n) is 4.56. The van der Waals surface area contributed by atoms with Crippen molar-refractivity contribution in [3.8, 4) is 0 Å². The molecule has 1 atom stereocenters. The third-order valence-electron chi connectivity index (χ3n) is 3.21. The maximum Gasteiger partial charge on any atom is 0.228 e. The van der Waals surface area contributed by atoms with Crippen LogP contribution >= 0.6 is 0 Å². The van der Waals surface area contributed by atoms with Crippen molar-refractivity contribution in [1.29, 1.82) is 0 Å². The fourth-order valence-corrected chi connectivity index (χ4v) is 2.28. The summed E-state index contributed by atoms with van der Waals surface area (Å²) in [4.78, 5) is 11.3. The van der Waals surface area contributed by atoms with E-state index in [1.807, 2.05) is 6.07 Å². The van der Waals surface area contributed by atoms with E-state index >= 15 is 0 Å². The summed E-state index contributed by atoms with van der Waals surface area (Å²) in [5.41, 5.74) is 3.39. The standard InChI is InChI=1S/C14H20N2O/c1-3-7-15-12(4-2)10-5-6-13-11(8-10)9-14(17)16-13/h5-6,8,12,15H,3-4,7,9H2,1-2H3,(H,16,17). The van der Waals surface area contributed by atoms with Crippen LogP contribution in [0.5, 0.6) is 0 Å². The minimum absolute atomic E-state index is 0.103. The Hall–Kier alpha value is -1.35. The lowest BCUT2D eigenvalue weighted by atomic mass is 10.0. The van der Waals surface area contributed by atoms with Crippen LogP contribution in [0.15, 0.2) is 18.2 Å². The van der Waals surface area contributed by atoms with Crippen molar-refractivity contribution in [2.45, 2.75) is 39.2 Å². The molecule has 0 bridgehead atoms. The number of amides is 1. The fourth-order valence-electron chi connectivity index (χ4n) is 2.28. The van der Waals surface area contributed by atoms with E-state index < -0.39 is 0 Å². The summed E-state index contributed by atoms with van der Waals surface area (Å²) in [5, 5.41) is 6.40. The zero-order chi connectivity index (χ0) is 12.3. The highest BCUT2D eigenvalue weighted by atomic mass is 16.1. The van der Waals surface area contributed by atoms with E-state index in [0.717, 1.165) is 30.6 Å². The molecule has 1 aromatic carbocycles. The van der Waals surface area contributed by atoms with Gasteiger partial charge in [-0.05, 0) is 36.6 Å². The molecule has 0 fully saturated rings. The quantitative estimate of drug-likeness (QED) is 0.819. The van der Waals surface area contributed by atoms with Gasteiger partial charge in [-0.2, -0.15) is 0 Å². The number of hydrogen-bond acceptors (Lipinski definition) is 2. The molecule has 1 heterocycles. The predicted molar refractivity (Wildman–Crippen MR) is 70.1 cm³/mol. The molecule has 0 aliphatic carbocycles. The molecule has 2 N–H and O–H groups in total. The molecule has 3 heteroatoms. The van der Waals surface area contributed by atoms with Crippen LogP contribution in [0.1, 0.15) is 43.9 Å². The largest absolute Gasteiger partial charge is 0.326 e. The highest BCUT2D eigenvalue weighted by Gasteiger charge is 2.19. The van der Waals surface area contributed by atoms with Gasteiger partial charge in [-0.1, -0.05) is 26.0 Å². The minimum Gasteiger partial charge on any atom is -0.326 e. The Morgan fingerprint density at radius 1 is 1.41 bits per heavy atom. The van der Waals surface area contributed by atoms with Gasteiger partial charge in [0, 0.05) is 11.7 Å². The number of nitrogens with one attached hydrogen (secondary N) is 2. The molecule has 2 rings (SSSR count). The molecule has 0 aromatic heterocycles. The van der Waals surface area contributed by atoms with Gasteiger partial charge in [-0.25, -0.2) is 0 Å². The summed E-state index contributed by atoms with van der Waals surface area (Å²) in [7, 11) is 0. The lowest BCUT2D eigenvalue weighted by molar-refractivity contribution is -0.115. The maximum atomic E-state index is 11.3. The first kappa shape index (κ1) is 12.1. The number of benzene rings is 1. The van der Waals surface area contributed by atoms with E-state index in [1.165, 1.54) is 5.56 Å². The molecule has 1 aliphatic rings. The van der Waals surface area contributed by atoms with Gasteiger partial charge in [0.2, 0.25) is 5.91 Å². The van der Waals surface area contributed by atoms with Crippen LogP contribution in [-0.4, -0.2) is 12.5 Å². The summed E-state index contributed by atoms with van der Waals surface area (Å²) >= 11 is 0. The lowest BCUT2D eigenvalue weighted by Gasteiger charge is -2.17. The first-order valence-electron chi connectivity index (χ1n) is 6.40. The van der Waals surface area contributed by atoms with E-state index in [-0.39, 0.29) is 5.91 Å². The fraction of sp³-hybridized carbons (Fsp3) is 0.500. The molecule has 92 valence electrons. The Morgan fingerprint density at radius 2 is 2.24 bits per heavy atom. The van der Waals surface area contributed by atoms with Crippen molar-refractivity contribution in [2.24, 2.45) is 0 Å². The highest BCUT2D eigenvalue weighted by Crippen LogP contribution is 2.27. The Labute approximate surface area is 103 Å². The molecular formula is C14H20N2O. The van der Waals surface area contributed by atoms with E-state index in [2.05, 4.69) is 36.6 Å². The number of carbonyl (C=O) groups is 1. The molecule has 0 saturated carbocycles. The number of carbonyl (C=O) groups excluding carboxylic acids is 1. The zero-order valence-electron chi connectivity index (χ0n) is 10.5. The molecule has 17 heavy (non-hydrogen) atoms. The minimum atomic E-state index is 0.103. The zero-order valence-corrected chi connectivity index (χ0v) is 10.5. The second kappa shape index (κ2) is 5.32. The first-order valence-corrected chi connectivity index (χ1v) is 6.40. The third kappa shape index (κ3) is 2.67. The topological polar surface area (TPSA) is 41.1 Å². The molecule has 0 radical (unpaired) electrons. The molecule has 0 spiro atoms. The van der Waals surface area contributed by atoms with Crippen LogP contribution in [-0.2, 0) is 11.2 Å². The second-order valence-corrected chi connectivity index (χ2v) is 4.56. The van der Waals surface area contributed by atoms with E-state index in [9.17, 15) is 4.79 Å². The van der Waals surface area contributed by atoms with Crippen LogP contribution in [0, 0.1) is 0 Å².